The normalized spacial score (nSPS) is 11.7. The molecule has 1 aliphatic rings. The third-order valence-corrected chi connectivity index (χ3v) is 6.37. The number of hydrogen-bond donors (Lipinski definition) is 4. The van der Waals surface area contributed by atoms with Gasteiger partial charge in [0.15, 0.2) is 35.4 Å². The minimum atomic E-state index is -1.02. The van der Waals surface area contributed by atoms with E-state index in [9.17, 15) is 29.7 Å². The first-order valence-corrected chi connectivity index (χ1v) is 11.3. The number of anilines is 1. The summed E-state index contributed by atoms with van der Waals surface area (Å²) in [6.45, 7) is 1.23. The summed E-state index contributed by atoms with van der Waals surface area (Å²) in [6, 6.07) is 7.21. The molecule has 11 nitrogen and oxygen atoms in total. The predicted molar refractivity (Wildman–Crippen MR) is 126 cm³/mol. The second-order valence-electron chi connectivity index (χ2n) is 7.68. The van der Waals surface area contributed by atoms with Crippen LogP contribution in [0, 0.1) is 6.92 Å². The highest BCUT2D eigenvalue weighted by molar-refractivity contribution is 7.16. The number of carbonyl (C=O) groups is 3. The molecular weight excluding hydrogens is 494 g/mol. The van der Waals surface area contributed by atoms with Crippen molar-refractivity contribution >= 4 is 34.2 Å². The van der Waals surface area contributed by atoms with Crippen molar-refractivity contribution in [1.82, 2.24) is 0 Å². The lowest BCUT2D eigenvalue weighted by Gasteiger charge is -2.09. The van der Waals surface area contributed by atoms with Crippen molar-refractivity contribution in [3.63, 3.8) is 0 Å². The Morgan fingerprint density at radius 2 is 1.72 bits per heavy atom. The Balaban J connectivity index is 1.49. The highest BCUT2D eigenvalue weighted by Gasteiger charge is 2.25. The standard InChI is InChI=1S/C24H21NO10S/c1-11-14(5-12-3-4-17-18(6-12)35-10-34-17)20(24(31)32-2)22(36-11)25-19(28)9-33-23(30)13-7-15(26)21(29)16(27)8-13/h3-4,6-8,26-27,29H,5,9-10H2,1-2H3,(H,25,28). The fraction of sp³-hybridized carbons (Fsp3) is 0.208. The molecule has 0 fully saturated rings. The van der Waals surface area contributed by atoms with Crippen LogP contribution in [0.2, 0.25) is 0 Å². The zero-order valence-corrected chi connectivity index (χ0v) is 19.9. The minimum absolute atomic E-state index is 0.138. The van der Waals surface area contributed by atoms with Crippen molar-refractivity contribution in [2.45, 2.75) is 13.3 Å². The molecule has 4 N–H and O–H groups in total. The van der Waals surface area contributed by atoms with E-state index in [1.54, 1.807) is 13.0 Å². The summed E-state index contributed by atoms with van der Waals surface area (Å²) in [7, 11) is 1.23. The van der Waals surface area contributed by atoms with E-state index in [1.807, 2.05) is 12.1 Å². The summed E-state index contributed by atoms with van der Waals surface area (Å²) in [5, 5.41) is 31.3. The molecule has 12 heteroatoms. The number of rotatable bonds is 7. The van der Waals surface area contributed by atoms with E-state index in [2.05, 4.69) is 5.32 Å². The third kappa shape index (κ3) is 4.98. The Morgan fingerprint density at radius 1 is 1.03 bits per heavy atom. The summed E-state index contributed by atoms with van der Waals surface area (Å²) < 4.78 is 20.6. The SMILES string of the molecule is COC(=O)c1c(NC(=O)COC(=O)c2cc(O)c(O)c(O)c2)sc(C)c1Cc1ccc2c(c1)OCO2. The minimum Gasteiger partial charge on any atom is -0.504 e. The molecule has 0 radical (unpaired) electrons. The van der Waals surface area contributed by atoms with Gasteiger partial charge in [0.2, 0.25) is 6.79 Å². The molecule has 1 aliphatic heterocycles. The molecule has 0 aliphatic carbocycles. The van der Waals surface area contributed by atoms with Gasteiger partial charge in [0.25, 0.3) is 5.91 Å². The van der Waals surface area contributed by atoms with Gasteiger partial charge in [-0.1, -0.05) is 6.07 Å². The lowest BCUT2D eigenvalue weighted by molar-refractivity contribution is -0.119. The Hall–Kier alpha value is -4.45. The Labute approximate surface area is 208 Å². The first-order chi connectivity index (χ1) is 17.2. The van der Waals surface area contributed by atoms with Crippen LogP contribution in [-0.2, 0) is 20.7 Å². The molecule has 1 aromatic heterocycles. The van der Waals surface area contributed by atoms with Gasteiger partial charge in [-0.15, -0.1) is 11.3 Å². The van der Waals surface area contributed by atoms with Gasteiger partial charge in [0, 0.05) is 4.88 Å². The number of aromatic hydroxyl groups is 3. The number of aryl methyl sites for hydroxylation is 1. The molecule has 0 unspecified atom stereocenters. The smallest absolute Gasteiger partial charge is 0.341 e. The summed E-state index contributed by atoms with van der Waals surface area (Å²) >= 11 is 1.17. The van der Waals surface area contributed by atoms with Crippen molar-refractivity contribution in [2.24, 2.45) is 0 Å². The number of fused-ring (bicyclic) bond motifs is 1. The number of amides is 1. The number of carbonyl (C=O) groups excluding carboxylic acids is 3. The molecular formula is C24H21NO10S. The highest BCUT2D eigenvalue weighted by atomic mass is 32.1. The molecule has 0 bridgehead atoms. The summed E-state index contributed by atoms with van der Waals surface area (Å²) in [5.41, 5.74) is 1.43. The van der Waals surface area contributed by atoms with Crippen molar-refractivity contribution in [2.75, 3.05) is 25.8 Å². The fourth-order valence-electron chi connectivity index (χ4n) is 3.55. The second-order valence-corrected chi connectivity index (χ2v) is 8.91. The van der Waals surface area contributed by atoms with Crippen LogP contribution in [-0.4, -0.2) is 53.7 Å². The molecule has 0 saturated carbocycles. The van der Waals surface area contributed by atoms with Gasteiger partial charge in [-0.05, 0) is 48.7 Å². The Bertz CT molecular complexity index is 1340. The average Bonchev–Trinajstić information content (AvgIpc) is 3.43. The number of hydrogen-bond acceptors (Lipinski definition) is 11. The van der Waals surface area contributed by atoms with Crippen LogP contribution < -0.4 is 14.8 Å². The first kappa shape index (κ1) is 24.7. The van der Waals surface area contributed by atoms with Crippen LogP contribution in [0.3, 0.4) is 0 Å². The number of methoxy groups -OCH3 is 1. The van der Waals surface area contributed by atoms with Crippen LogP contribution in [0.15, 0.2) is 30.3 Å². The zero-order valence-electron chi connectivity index (χ0n) is 19.1. The Kier molecular flexibility index (Phi) is 6.88. The number of esters is 2. The van der Waals surface area contributed by atoms with Gasteiger partial charge in [0.1, 0.15) is 5.00 Å². The number of benzene rings is 2. The van der Waals surface area contributed by atoms with Gasteiger partial charge in [-0.25, -0.2) is 9.59 Å². The van der Waals surface area contributed by atoms with Crippen molar-refractivity contribution in [3.8, 4) is 28.7 Å². The third-order valence-electron chi connectivity index (χ3n) is 5.31. The van der Waals surface area contributed by atoms with E-state index in [0.29, 0.717) is 23.5 Å². The molecule has 0 spiro atoms. The van der Waals surface area contributed by atoms with Gasteiger partial charge in [0.05, 0.1) is 18.2 Å². The van der Waals surface area contributed by atoms with E-state index in [1.165, 1.54) is 18.4 Å². The summed E-state index contributed by atoms with van der Waals surface area (Å²) in [4.78, 5) is 38.1. The summed E-state index contributed by atoms with van der Waals surface area (Å²) in [5.74, 6) is -3.38. The predicted octanol–water partition coefficient (Wildman–Crippen LogP) is 3.07. The molecule has 36 heavy (non-hydrogen) atoms. The molecule has 188 valence electrons. The number of ether oxygens (including phenoxy) is 4. The number of phenolic OH excluding ortho intramolecular Hbond substituents is 3. The molecule has 2 heterocycles. The van der Waals surface area contributed by atoms with E-state index >= 15 is 0 Å². The van der Waals surface area contributed by atoms with Crippen LogP contribution >= 0.6 is 11.3 Å². The van der Waals surface area contributed by atoms with E-state index in [4.69, 9.17) is 18.9 Å². The lowest BCUT2D eigenvalue weighted by atomic mass is 10.0. The maximum absolute atomic E-state index is 12.6. The van der Waals surface area contributed by atoms with Crippen molar-refractivity contribution in [1.29, 1.82) is 0 Å². The molecule has 2 aromatic carbocycles. The van der Waals surface area contributed by atoms with Gasteiger partial charge >= 0.3 is 11.9 Å². The highest BCUT2D eigenvalue weighted by Crippen LogP contribution is 2.38. The van der Waals surface area contributed by atoms with E-state index in [-0.39, 0.29) is 22.9 Å². The van der Waals surface area contributed by atoms with Gasteiger partial charge in [-0.2, -0.15) is 0 Å². The van der Waals surface area contributed by atoms with Crippen molar-refractivity contribution in [3.05, 3.63) is 57.5 Å². The maximum Gasteiger partial charge on any atom is 0.341 e. The van der Waals surface area contributed by atoms with Crippen LogP contribution in [0.4, 0.5) is 5.00 Å². The topological polar surface area (TPSA) is 161 Å². The fourth-order valence-corrected chi connectivity index (χ4v) is 4.63. The number of phenols is 3. The number of nitrogens with one attached hydrogen (secondary N) is 1. The molecule has 1 amide bonds. The van der Waals surface area contributed by atoms with Gasteiger partial charge in [-0.3, -0.25) is 4.79 Å². The molecule has 4 rings (SSSR count). The lowest BCUT2D eigenvalue weighted by Crippen LogP contribution is -2.21. The maximum atomic E-state index is 12.6. The average molecular weight is 515 g/mol. The molecule has 3 aromatic rings. The summed E-state index contributed by atoms with van der Waals surface area (Å²) in [6.07, 6.45) is 0.363. The zero-order chi connectivity index (χ0) is 26.0. The van der Waals surface area contributed by atoms with Crippen LogP contribution in [0.5, 0.6) is 28.7 Å². The molecule has 0 atom stereocenters. The molecule has 0 saturated heterocycles. The Morgan fingerprint density at radius 3 is 2.42 bits per heavy atom. The van der Waals surface area contributed by atoms with E-state index < -0.39 is 41.7 Å². The van der Waals surface area contributed by atoms with E-state index in [0.717, 1.165) is 22.6 Å². The monoisotopic (exact) mass is 515 g/mol. The van der Waals surface area contributed by atoms with Crippen LogP contribution in [0.1, 0.15) is 36.7 Å². The second kappa shape index (κ2) is 10.0. The first-order valence-electron chi connectivity index (χ1n) is 10.5. The van der Waals surface area contributed by atoms with Crippen molar-refractivity contribution < 1.29 is 48.7 Å². The number of thiophene rings is 1. The largest absolute Gasteiger partial charge is 0.504 e. The van der Waals surface area contributed by atoms with Gasteiger partial charge < -0.3 is 39.6 Å². The van der Waals surface area contributed by atoms with Crippen LogP contribution in [0.25, 0.3) is 0 Å². The quantitative estimate of drug-likeness (QED) is 0.272.